The molecule has 0 saturated carbocycles. The summed E-state index contributed by atoms with van der Waals surface area (Å²) in [5, 5.41) is 4.62. The molecule has 1 N–H and O–H groups in total. The van der Waals surface area contributed by atoms with Crippen molar-refractivity contribution in [3.05, 3.63) is 98.5 Å². The predicted molar refractivity (Wildman–Crippen MR) is 148 cm³/mol. The first-order valence-electron chi connectivity index (χ1n) is 11.8. The summed E-state index contributed by atoms with van der Waals surface area (Å²) in [7, 11) is 0. The van der Waals surface area contributed by atoms with Gasteiger partial charge in [0.15, 0.2) is 0 Å². The molecule has 0 fully saturated rings. The Morgan fingerprint density at radius 3 is 2.33 bits per heavy atom. The Kier molecular flexibility index (Phi) is 7.67. The van der Waals surface area contributed by atoms with Gasteiger partial charge in [-0.05, 0) is 79.9 Å². The molecule has 6 nitrogen and oxygen atoms in total. The molecule has 0 aliphatic rings. The van der Waals surface area contributed by atoms with Crippen molar-refractivity contribution < 1.29 is 4.79 Å². The lowest BCUT2D eigenvalue weighted by molar-refractivity contribution is 0.179. The average molecular weight is 523 g/mol. The number of aromatic nitrogens is 2. The van der Waals surface area contributed by atoms with Crippen LogP contribution in [0.15, 0.2) is 71.5 Å². The molecule has 0 saturated heterocycles. The van der Waals surface area contributed by atoms with E-state index in [9.17, 15) is 9.59 Å². The van der Waals surface area contributed by atoms with Crippen molar-refractivity contribution in [1.29, 1.82) is 0 Å². The van der Waals surface area contributed by atoms with Gasteiger partial charge in [-0.25, -0.2) is 9.78 Å². The van der Waals surface area contributed by atoms with Crippen molar-refractivity contribution in [2.24, 2.45) is 5.92 Å². The van der Waals surface area contributed by atoms with E-state index >= 15 is 0 Å². The van der Waals surface area contributed by atoms with E-state index in [0.29, 0.717) is 44.7 Å². The molecule has 0 spiro atoms. The lowest BCUT2D eigenvalue weighted by Gasteiger charge is -2.32. The second-order valence-electron chi connectivity index (χ2n) is 9.22. The number of fused-ring (bicyclic) bond motifs is 1. The van der Waals surface area contributed by atoms with Gasteiger partial charge in [0.2, 0.25) is 0 Å². The van der Waals surface area contributed by atoms with Crippen LogP contribution in [0.5, 0.6) is 0 Å². The maximum atomic E-state index is 13.8. The van der Waals surface area contributed by atoms with E-state index in [0.717, 1.165) is 5.56 Å². The van der Waals surface area contributed by atoms with Crippen LogP contribution in [0.1, 0.15) is 38.2 Å². The van der Waals surface area contributed by atoms with E-state index in [1.807, 2.05) is 58.0 Å². The number of carbonyl (C=O) groups is 1. The molecule has 0 aliphatic carbocycles. The van der Waals surface area contributed by atoms with Gasteiger partial charge >= 0.3 is 6.03 Å². The number of rotatable bonds is 6. The van der Waals surface area contributed by atoms with Crippen LogP contribution >= 0.6 is 23.2 Å². The Hall–Kier alpha value is -3.35. The summed E-state index contributed by atoms with van der Waals surface area (Å²) in [4.78, 5) is 33.9. The number of hydrogen-bond donors (Lipinski definition) is 1. The number of nitrogens with zero attached hydrogens (tertiary/aromatic N) is 3. The van der Waals surface area contributed by atoms with Crippen LogP contribution in [-0.4, -0.2) is 27.0 Å². The highest BCUT2D eigenvalue weighted by Crippen LogP contribution is 2.27. The van der Waals surface area contributed by atoms with Crippen molar-refractivity contribution in [2.75, 3.05) is 11.9 Å². The second kappa shape index (κ2) is 10.7. The van der Waals surface area contributed by atoms with Crippen LogP contribution < -0.4 is 10.9 Å². The van der Waals surface area contributed by atoms with Gasteiger partial charge in [0, 0.05) is 22.3 Å². The van der Waals surface area contributed by atoms with Crippen molar-refractivity contribution in [2.45, 2.75) is 33.7 Å². The molecule has 3 aromatic carbocycles. The minimum Gasteiger partial charge on any atom is -0.314 e. The number of anilines is 1. The van der Waals surface area contributed by atoms with Gasteiger partial charge in [0.25, 0.3) is 5.56 Å². The van der Waals surface area contributed by atoms with Crippen molar-refractivity contribution in [1.82, 2.24) is 14.5 Å². The number of urea groups is 1. The molecule has 36 heavy (non-hydrogen) atoms. The normalized spacial score (nSPS) is 12.1. The van der Waals surface area contributed by atoms with Crippen LogP contribution in [0.2, 0.25) is 10.0 Å². The van der Waals surface area contributed by atoms with Gasteiger partial charge in [-0.15, -0.1) is 0 Å². The van der Waals surface area contributed by atoms with E-state index in [4.69, 9.17) is 28.2 Å². The monoisotopic (exact) mass is 522 g/mol. The van der Waals surface area contributed by atoms with E-state index in [1.165, 1.54) is 0 Å². The summed E-state index contributed by atoms with van der Waals surface area (Å²) >= 11 is 12.2. The van der Waals surface area contributed by atoms with Gasteiger partial charge in [0.05, 0.1) is 22.6 Å². The first kappa shape index (κ1) is 25.7. The van der Waals surface area contributed by atoms with Crippen molar-refractivity contribution in [3.63, 3.8) is 0 Å². The average Bonchev–Trinajstić information content (AvgIpc) is 2.84. The summed E-state index contributed by atoms with van der Waals surface area (Å²) in [5.74, 6) is 0.650. The molecule has 0 aliphatic heterocycles. The standard InChI is InChI=1S/C28H28Cl2N4O2/c1-17(2)16-33(28(36)31-22-12-9-20(29)10-13-22)19(4)26-32-24-8-6-5-7-23(24)27(35)34(26)25-14-11-21(30)15-18(25)3/h5-15,17,19H,16H2,1-4H3,(H,31,36). The topological polar surface area (TPSA) is 67.2 Å². The maximum absolute atomic E-state index is 13.8. The molecular formula is C28H28Cl2N4O2. The SMILES string of the molecule is Cc1cc(Cl)ccc1-n1c(C(C)N(CC(C)C)C(=O)Nc2ccc(Cl)cc2)nc2ccccc2c1=O. The predicted octanol–water partition coefficient (Wildman–Crippen LogP) is 7.25. The molecule has 1 heterocycles. The quantitative estimate of drug-likeness (QED) is 0.289. The first-order valence-corrected chi connectivity index (χ1v) is 12.5. The molecule has 0 bridgehead atoms. The van der Waals surface area contributed by atoms with Gasteiger partial charge in [-0.1, -0.05) is 49.2 Å². The summed E-state index contributed by atoms with van der Waals surface area (Å²) in [5.41, 5.74) is 2.51. The van der Waals surface area contributed by atoms with Gasteiger partial charge < -0.3 is 10.2 Å². The summed E-state index contributed by atoms with van der Waals surface area (Å²) in [6.45, 7) is 8.33. The van der Waals surface area contributed by atoms with Crippen LogP contribution in [-0.2, 0) is 0 Å². The number of nitrogens with one attached hydrogen (secondary N) is 1. The maximum Gasteiger partial charge on any atom is 0.322 e. The number of amides is 2. The minimum absolute atomic E-state index is 0.182. The molecule has 1 aromatic heterocycles. The molecule has 186 valence electrons. The molecule has 8 heteroatoms. The Balaban J connectivity index is 1.86. The Morgan fingerprint density at radius 1 is 1.00 bits per heavy atom. The smallest absolute Gasteiger partial charge is 0.314 e. The molecule has 0 radical (unpaired) electrons. The highest BCUT2D eigenvalue weighted by atomic mass is 35.5. The van der Waals surface area contributed by atoms with Crippen molar-refractivity contribution in [3.8, 4) is 5.69 Å². The highest BCUT2D eigenvalue weighted by molar-refractivity contribution is 6.31. The van der Waals surface area contributed by atoms with E-state index in [-0.39, 0.29) is 17.5 Å². The third kappa shape index (κ3) is 5.40. The van der Waals surface area contributed by atoms with E-state index < -0.39 is 6.04 Å². The largest absolute Gasteiger partial charge is 0.322 e. The van der Waals surface area contributed by atoms with E-state index in [2.05, 4.69) is 5.32 Å². The Bertz CT molecular complexity index is 1470. The highest BCUT2D eigenvalue weighted by Gasteiger charge is 2.28. The third-order valence-corrected chi connectivity index (χ3v) is 6.45. The van der Waals surface area contributed by atoms with Gasteiger partial charge in [-0.2, -0.15) is 0 Å². The lowest BCUT2D eigenvalue weighted by Crippen LogP contribution is -2.41. The van der Waals surface area contributed by atoms with Crippen LogP contribution in [0.4, 0.5) is 10.5 Å². The number of hydrogen-bond acceptors (Lipinski definition) is 3. The van der Waals surface area contributed by atoms with Gasteiger partial charge in [-0.3, -0.25) is 9.36 Å². The van der Waals surface area contributed by atoms with Crippen LogP contribution in [0, 0.1) is 12.8 Å². The zero-order chi connectivity index (χ0) is 26.0. The minimum atomic E-state index is -0.521. The summed E-state index contributed by atoms with van der Waals surface area (Å²) in [6, 6.07) is 18.7. The lowest BCUT2D eigenvalue weighted by atomic mass is 10.1. The molecule has 1 atom stereocenters. The zero-order valence-corrected chi connectivity index (χ0v) is 22.1. The summed E-state index contributed by atoms with van der Waals surface area (Å²) < 4.78 is 1.60. The molecular weight excluding hydrogens is 495 g/mol. The first-order chi connectivity index (χ1) is 17.2. The number of aryl methyl sites for hydroxylation is 1. The molecule has 4 rings (SSSR count). The van der Waals surface area contributed by atoms with Crippen molar-refractivity contribution >= 4 is 45.8 Å². The fraction of sp³-hybridized carbons (Fsp3) is 0.250. The number of halogens is 2. The Morgan fingerprint density at radius 2 is 1.67 bits per heavy atom. The Labute approximate surface area is 220 Å². The zero-order valence-electron chi connectivity index (χ0n) is 20.6. The number of benzene rings is 3. The fourth-order valence-electron chi connectivity index (χ4n) is 4.21. The van der Waals surface area contributed by atoms with Crippen LogP contribution in [0.3, 0.4) is 0 Å². The summed E-state index contributed by atoms with van der Waals surface area (Å²) in [6.07, 6.45) is 0. The van der Waals surface area contributed by atoms with Crippen LogP contribution in [0.25, 0.3) is 16.6 Å². The fourth-order valence-corrected chi connectivity index (χ4v) is 4.56. The second-order valence-corrected chi connectivity index (χ2v) is 10.1. The van der Waals surface area contributed by atoms with E-state index in [1.54, 1.807) is 45.9 Å². The molecule has 2 amide bonds. The molecule has 1 unspecified atom stereocenters. The third-order valence-electron chi connectivity index (χ3n) is 5.96. The number of para-hydroxylation sites is 1. The van der Waals surface area contributed by atoms with Gasteiger partial charge in [0.1, 0.15) is 5.82 Å². The number of carbonyl (C=O) groups excluding carboxylic acids is 1. The molecule has 4 aromatic rings.